The number of thiol groups is 1. The summed E-state index contributed by atoms with van der Waals surface area (Å²) in [6, 6.07) is 7.09. The molecular formula is C16H22N3S+. The third-order valence-electron chi connectivity index (χ3n) is 3.81. The summed E-state index contributed by atoms with van der Waals surface area (Å²) in [7, 11) is 8.37. The summed E-state index contributed by atoms with van der Waals surface area (Å²) in [6.07, 6.45) is 6.88. The van der Waals surface area contributed by atoms with E-state index < -0.39 is 0 Å². The number of allylic oxidation sites excluding steroid dienone is 1. The van der Waals surface area contributed by atoms with Gasteiger partial charge in [0.05, 0.1) is 11.7 Å². The molecule has 1 aromatic rings. The van der Waals surface area contributed by atoms with E-state index in [0.29, 0.717) is 11.3 Å². The van der Waals surface area contributed by atoms with E-state index in [0.717, 1.165) is 0 Å². The van der Waals surface area contributed by atoms with Crippen LogP contribution in [0.3, 0.4) is 0 Å². The molecule has 3 nitrogen and oxygen atoms in total. The quantitative estimate of drug-likeness (QED) is 0.664. The van der Waals surface area contributed by atoms with Gasteiger partial charge >= 0.3 is 0 Å². The number of anilines is 2. The lowest BCUT2D eigenvalue weighted by Crippen LogP contribution is -2.38. The van der Waals surface area contributed by atoms with Crippen LogP contribution >= 0.6 is 0 Å². The molecule has 0 amide bonds. The van der Waals surface area contributed by atoms with Crippen LogP contribution in [0.1, 0.15) is 0 Å². The molecule has 3 rings (SSSR count). The Kier molecular flexibility index (Phi) is 3.42. The molecular weight excluding hydrogens is 266 g/mol. The van der Waals surface area contributed by atoms with Crippen molar-refractivity contribution in [2.75, 3.05) is 38.4 Å². The first-order valence-corrected chi connectivity index (χ1v) is 7.87. The van der Waals surface area contributed by atoms with Crippen LogP contribution in [0.25, 0.3) is 0 Å². The van der Waals surface area contributed by atoms with Gasteiger partial charge in [-0.15, -0.1) is 0 Å². The maximum absolute atomic E-state index is 3.65. The van der Waals surface area contributed by atoms with Crippen LogP contribution in [0.2, 0.25) is 0 Å². The van der Waals surface area contributed by atoms with Crippen LogP contribution in [0.4, 0.5) is 11.4 Å². The van der Waals surface area contributed by atoms with Crippen molar-refractivity contribution in [2.45, 2.75) is 16.2 Å². The third kappa shape index (κ3) is 2.40. The fraction of sp³-hybridized carbons (Fsp3) is 0.375. The zero-order chi connectivity index (χ0) is 14.3. The van der Waals surface area contributed by atoms with Crippen LogP contribution in [0, 0.1) is 0 Å². The van der Waals surface area contributed by atoms with Crippen molar-refractivity contribution in [1.82, 2.24) is 4.90 Å². The Balaban J connectivity index is 1.90. The van der Waals surface area contributed by atoms with Gasteiger partial charge in [0.15, 0.2) is 10.1 Å². The van der Waals surface area contributed by atoms with Gasteiger partial charge in [0.25, 0.3) is 0 Å². The summed E-state index contributed by atoms with van der Waals surface area (Å²) in [5, 5.41) is 4.17. The van der Waals surface area contributed by atoms with Gasteiger partial charge < -0.3 is 15.1 Å². The average Bonchev–Trinajstić information content (AvgIpc) is 2.43. The lowest BCUT2D eigenvalue weighted by molar-refractivity contribution is 0.522. The lowest BCUT2D eigenvalue weighted by Gasteiger charge is -2.29. The predicted octanol–water partition coefficient (Wildman–Crippen LogP) is 2.10. The number of nitrogens with zero attached hydrogens (tertiary/aromatic N) is 2. The summed E-state index contributed by atoms with van der Waals surface area (Å²) < 4.78 is 0. The van der Waals surface area contributed by atoms with Crippen molar-refractivity contribution in [3.63, 3.8) is 0 Å². The molecule has 20 heavy (non-hydrogen) atoms. The van der Waals surface area contributed by atoms with Gasteiger partial charge in [-0.25, -0.2) is 0 Å². The van der Waals surface area contributed by atoms with Crippen molar-refractivity contribution in [3.8, 4) is 0 Å². The van der Waals surface area contributed by atoms with Crippen LogP contribution in [0.15, 0.2) is 47.0 Å². The van der Waals surface area contributed by atoms with E-state index in [-0.39, 0.29) is 0 Å². The van der Waals surface area contributed by atoms with Crippen molar-refractivity contribution in [1.29, 1.82) is 0 Å². The molecule has 1 aliphatic heterocycles. The maximum atomic E-state index is 3.65. The van der Waals surface area contributed by atoms with Crippen LogP contribution in [-0.2, 0) is 11.8 Å². The van der Waals surface area contributed by atoms with Gasteiger partial charge in [-0.1, -0.05) is 6.08 Å². The van der Waals surface area contributed by atoms with Gasteiger partial charge in [-0.2, -0.15) is 0 Å². The number of fused-ring (bicyclic) bond motifs is 2. The molecule has 1 N–H and O–H groups in total. The Morgan fingerprint density at radius 1 is 1.10 bits per heavy atom. The number of benzene rings is 1. The normalized spacial score (nSPS) is 23.3. The Morgan fingerprint density at radius 3 is 2.60 bits per heavy atom. The molecule has 1 aliphatic carbocycles. The van der Waals surface area contributed by atoms with E-state index in [1.165, 1.54) is 33.7 Å². The highest BCUT2D eigenvalue weighted by Crippen LogP contribution is 2.33. The second-order valence-corrected chi connectivity index (χ2v) is 7.07. The molecule has 0 aromatic heterocycles. The molecule has 0 radical (unpaired) electrons. The highest BCUT2D eigenvalue weighted by molar-refractivity contribution is 7.79. The minimum atomic E-state index is 0.415. The standard InChI is InChI=1S/C16H21N3S/c1-18(2)11-5-7-13-15(9-11)20-16-10-12(19(3)4)6-8-14(16)17-13/h5-10,13,15,17H,1-4H3/p+1. The van der Waals surface area contributed by atoms with E-state index in [1.807, 2.05) is 0 Å². The summed E-state index contributed by atoms with van der Waals surface area (Å²) in [4.78, 5) is 5.72. The smallest absolute Gasteiger partial charge is 0.178 e. The number of nitrogens with one attached hydrogen (secondary N) is 1. The average molecular weight is 288 g/mol. The van der Waals surface area contributed by atoms with Gasteiger partial charge in [-0.3, -0.25) is 0 Å². The molecule has 1 heterocycles. The summed E-state index contributed by atoms with van der Waals surface area (Å²) in [5.41, 5.74) is 3.83. The molecule has 0 saturated carbocycles. The molecule has 4 heteroatoms. The summed E-state index contributed by atoms with van der Waals surface area (Å²) >= 11 is 1.39. The van der Waals surface area contributed by atoms with Crippen LogP contribution in [0.5, 0.6) is 0 Å². The minimum absolute atomic E-state index is 0.415. The number of hydrogen-bond acceptors (Lipinski definition) is 3. The second kappa shape index (κ2) is 5.09. The highest BCUT2D eigenvalue weighted by Gasteiger charge is 2.35. The van der Waals surface area contributed by atoms with E-state index >= 15 is 0 Å². The second-order valence-electron chi connectivity index (χ2n) is 5.73. The fourth-order valence-corrected chi connectivity index (χ4v) is 3.93. The van der Waals surface area contributed by atoms with Gasteiger partial charge in [0.2, 0.25) is 0 Å². The van der Waals surface area contributed by atoms with Crippen molar-refractivity contribution < 1.29 is 0 Å². The number of rotatable bonds is 2. The topological polar surface area (TPSA) is 18.5 Å². The predicted molar refractivity (Wildman–Crippen MR) is 89.9 cm³/mol. The van der Waals surface area contributed by atoms with E-state index in [2.05, 4.69) is 79.7 Å². The minimum Gasteiger partial charge on any atom is -0.378 e. The Bertz CT molecular complexity index is 575. The SMILES string of the molecule is CN(C)C1=CC2[SH+]c3cc(N(C)C)ccc3NC2C=C1. The first-order valence-electron chi connectivity index (χ1n) is 6.91. The van der Waals surface area contributed by atoms with Gasteiger partial charge in [0.1, 0.15) is 0 Å². The molecule has 0 spiro atoms. The van der Waals surface area contributed by atoms with Gasteiger partial charge in [0, 0.05) is 57.4 Å². The molecule has 1 aromatic carbocycles. The van der Waals surface area contributed by atoms with Crippen molar-refractivity contribution in [3.05, 3.63) is 42.1 Å². The Hall–Kier alpha value is -1.55. The highest BCUT2D eigenvalue weighted by atomic mass is 32.2. The summed E-state index contributed by atoms with van der Waals surface area (Å²) in [6.45, 7) is 0. The molecule has 2 unspecified atom stereocenters. The van der Waals surface area contributed by atoms with E-state index in [4.69, 9.17) is 0 Å². The molecule has 2 atom stereocenters. The number of likely N-dealkylation sites (N-methyl/N-ethyl adjacent to an activating group) is 1. The first kappa shape index (κ1) is 13.4. The van der Waals surface area contributed by atoms with Crippen LogP contribution in [-0.4, -0.2) is 44.4 Å². The van der Waals surface area contributed by atoms with E-state index in [9.17, 15) is 0 Å². The lowest BCUT2D eigenvalue weighted by atomic mass is 10.0. The third-order valence-corrected chi connectivity index (χ3v) is 5.22. The van der Waals surface area contributed by atoms with E-state index in [1.54, 1.807) is 0 Å². The van der Waals surface area contributed by atoms with Crippen molar-refractivity contribution in [2.24, 2.45) is 0 Å². The Labute approximate surface area is 125 Å². The van der Waals surface area contributed by atoms with Crippen molar-refractivity contribution >= 4 is 23.1 Å². The van der Waals surface area contributed by atoms with Gasteiger partial charge in [-0.05, 0) is 24.3 Å². The van der Waals surface area contributed by atoms with Crippen LogP contribution < -0.4 is 10.2 Å². The largest absolute Gasteiger partial charge is 0.378 e. The fourth-order valence-electron chi connectivity index (χ4n) is 2.57. The molecule has 106 valence electrons. The molecule has 2 aliphatic rings. The number of hydrogen-bond donors (Lipinski definition) is 1. The molecule has 0 saturated heterocycles. The molecule has 0 bridgehead atoms. The maximum Gasteiger partial charge on any atom is 0.178 e. The zero-order valence-corrected chi connectivity index (χ0v) is 13.4. The molecule has 0 fully saturated rings. The first-order chi connectivity index (χ1) is 9.54. The Morgan fingerprint density at radius 2 is 1.90 bits per heavy atom. The zero-order valence-electron chi connectivity index (χ0n) is 12.5. The monoisotopic (exact) mass is 288 g/mol. The summed E-state index contributed by atoms with van der Waals surface area (Å²) in [5.74, 6) is 0.